The Morgan fingerprint density at radius 1 is 1.17 bits per heavy atom. The number of H-pyrrole nitrogens is 1. The molecule has 8 heteroatoms. The second kappa shape index (κ2) is 5.07. The number of fused-ring (bicyclic) bond motifs is 2. The van der Waals surface area contributed by atoms with E-state index in [1.165, 1.54) is 0 Å². The second-order valence-corrected chi connectivity index (χ2v) is 7.33. The van der Waals surface area contributed by atoms with E-state index in [1.807, 2.05) is 24.6 Å². The predicted molar refractivity (Wildman–Crippen MR) is 92.4 cm³/mol. The van der Waals surface area contributed by atoms with Crippen LogP contribution < -0.4 is 4.72 Å². The summed E-state index contributed by atoms with van der Waals surface area (Å²) in [4.78, 5) is 4.56. The van der Waals surface area contributed by atoms with Crippen LogP contribution in [0.1, 0.15) is 5.82 Å². The van der Waals surface area contributed by atoms with E-state index >= 15 is 0 Å². The number of sulfonamides is 1. The second-order valence-electron chi connectivity index (χ2n) is 5.65. The van der Waals surface area contributed by atoms with Gasteiger partial charge in [-0.3, -0.25) is 9.82 Å². The molecule has 7 nitrogen and oxygen atoms in total. The van der Waals surface area contributed by atoms with E-state index in [0.29, 0.717) is 11.2 Å². The van der Waals surface area contributed by atoms with Gasteiger partial charge in [0.15, 0.2) is 0 Å². The Labute approximate surface area is 138 Å². The van der Waals surface area contributed by atoms with Crippen molar-refractivity contribution in [1.82, 2.24) is 19.7 Å². The van der Waals surface area contributed by atoms with Crippen LogP contribution >= 0.6 is 0 Å². The summed E-state index contributed by atoms with van der Waals surface area (Å²) >= 11 is 0. The van der Waals surface area contributed by atoms with Gasteiger partial charge in [-0.25, -0.2) is 13.4 Å². The summed E-state index contributed by atoms with van der Waals surface area (Å²) in [5.41, 5.74) is 2.79. The summed E-state index contributed by atoms with van der Waals surface area (Å²) < 4.78 is 29.8. The van der Waals surface area contributed by atoms with Crippen LogP contribution in [0.3, 0.4) is 0 Å². The molecule has 4 aromatic rings. The van der Waals surface area contributed by atoms with Crippen LogP contribution in [0.2, 0.25) is 0 Å². The van der Waals surface area contributed by atoms with Crippen molar-refractivity contribution in [2.45, 2.75) is 11.8 Å². The molecule has 122 valence electrons. The first-order chi connectivity index (χ1) is 11.4. The molecule has 0 aliphatic heterocycles. The third-order valence-corrected chi connectivity index (χ3v) is 5.46. The first kappa shape index (κ1) is 14.7. The molecule has 0 saturated carbocycles. The number of aromatic nitrogens is 4. The molecule has 0 atom stereocenters. The van der Waals surface area contributed by atoms with Crippen molar-refractivity contribution in [3.8, 4) is 0 Å². The number of rotatable bonds is 3. The summed E-state index contributed by atoms with van der Waals surface area (Å²) in [6.45, 7) is 1.88. The van der Waals surface area contributed by atoms with Crippen molar-refractivity contribution in [2.24, 2.45) is 7.05 Å². The summed E-state index contributed by atoms with van der Waals surface area (Å²) in [6.07, 6.45) is 1.69. The first-order valence-corrected chi connectivity index (χ1v) is 8.81. The fourth-order valence-corrected chi connectivity index (χ4v) is 3.75. The predicted octanol–water partition coefficient (Wildman–Crippen LogP) is 2.56. The molecular formula is C16H15N5O2S. The highest BCUT2D eigenvalue weighted by Gasteiger charge is 2.16. The molecule has 2 aromatic heterocycles. The standard InChI is InChI=1S/C16H15N5O2S/c1-10-18-15-8-13(5-6-16(15)21(10)2)24(22,23)20-12-4-3-11-9-17-19-14(11)7-12/h3-9,20H,1-2H3,(H,17,19). The third-order valence-electron chi connectivity index (χ3n) is 4.08. The number of aryl methyl sites for hydroxylation is 2. The van der Waals surface area contributed by atoms with Gasteiger partial charge in [-0.1, -0.05) is 0 Å². The summed E-state index contributed by atoms with van der Waals surface area (Å²) in [6, 6.07) is 10.2. The number of anilines is 1. The van der Waals surface area contributed by atoms with Gasteiger partial charge in [-0.15, -0.1) is 0 Å². The van der Waals surface area contributed by atoms with Gasteiger partial charge in [-0.2, -0.15) is 5.10 Å². The van der Waals surface area contributed by atoms with E-state index < -0.39 is 10.0 Å². The topological polar surface area (TPSA) is 92.7 Å². The van der Waals surface area contributed by atoms with Crippen molar-refractivity contribution in [3.05, 3.63) is 48.4 Å². The van der Waals surface area contributed by atoms with E-state index in [9.17, 15) is 8.42 Å². The zero-order valence-corrected chi connectivity index (χ0v) is 13.9. The summed E-state index contributed by atoms with van der Waals surface area (Å²) in [5.74, 6) is 0.831. The molecule has 0 saturated heterocycles. The Hall–Kier alpha value is -2.87. The van der Waals surface area contributed by atoms with Gasteiger partial charge in [-0.05, 0) is 43.3 Å². The molecule has 0 radical (unpaired) electrons. The Balaban J connectivity index is 1.73. The van der Waals surface area contributed by atoms with E-state index in [0.717, 1.165) is 22.2 Å². The highest BCUT2D eigenvalue weighted by Crippen LogP contribution is 2.23. The number of nitrogens with zero attached hydrogens (tertiary/aromatic N) is 3. The minimum absolute atomic E-state index is 0.179. The lowest BCUT2D eigenvalue weighted by Crippen LogP contribution is -2.12. The first-order valence-electron chi connectivity index (χ1n) is 7.33. The molecule has 0 amide bonds. The molecular weight excluding hydrogens is 326 g/mol. The van der Waals surface area contributed by atoms with Crippen molar-refractivity contribution < 1.29 is 8.42 Å². The molecule has 0 unspecified atom stereocenters. The van der Waals surface area contributed by atoms with Crippen molar-refractivity contribution in [3.63, 3.8) is 0 Å². The molecule has 2 aromatic carbocycles. The quantitative estimate of drug-likeness (QED) is 0.599. The largest absolute Gasteiger partial charge is 0.331 e. The van der Waals surface area contributed by atoms with Gasteiger partial charge in [0, 0.05) is 12.4 Å². The highest BCUT2D eigenvalue weighted by atomic mass is 32.2. The van der Waals surface area contributed by atoms with Gasteiger partial charge in [0.2, 0.25) is 0 Å². The minimum atomic E-state index is -3.69. The van der Waals surface area contributed by atoms with Gasteiger partial charge in [0.05, 0.1) is 33.3 Å². The van der Waals surface area contributed by atoms with Crippen LogP contribution in [0.5, 0.6) is 0 Å². The lowest BCUT2D eigenvalue weighted by molar-refractivity contribution is 0.601. The molecule has 0 aliphatic rings. The number of nitrogens with one attached hydrogen (secondary N) is 2. The van der Waals surface area contributed by atoms with Gasteiger partial charge in [0.25, 0.3) is 10.0 Å². The van der Waals surface area contributed by atoms with E-state index in [-0.39, 0.29) is 4.90 Å². The van der Waals surface area contributed by atoms with Crippen LogP contribution in [0.4, 0.5) is 5.69 Å². The zero-order chi connectivity index (χ0) is 16.9. The van der Waals surface area contributed by atoms with Gasteiger partial charge >= 0.3 is 0 Å². The van der Waals surface area contributed by atoms with Gasteiger partial charge < -0.3 is 4.57 Å². The Morgan fingerprint density at radius 2 is 2.00 bits per heavy atom. The maximum atomic E-state index is 12.6. The molecule has 0 spiro atoms. The monoisotopic (exact) mass is 341 g/mol. The number of aromatic amines is 1. The van der Waals surface area contributed by atoms with Crippen molar-refractivity contribution in [1.29, 1.82) is 0 Å². The maximum absolute atomic E-state index is 12.6. The zero-order valence-electron chi connectivity index (χ0n) is 13.1. The molecule has 2 heterocycles. The van der Waals surface area contributed by atoms with Crippen LogP contribution in [-0.4, -0.2) is 28.2 Å². The molecule has 4 rings (SSSR count). The van der Waals surface area contributed by atoms with E-state index in [4.69, 9.17) is 0 Å². The molecule has 2 N–H and O–H groups in total. The number of hydrogen-bond acceptors (Lipinski definition) is 4. The minimum Gasteiger partial charge on any atom is -0.331 e. The molecule has 24 heavy (non-hydrogen) atoms. The Morgan fingerprint density at radius 3 is 2.83 bits per heavy atom. The number of hydrogen-bond donors (Lipinski definition) is 2. The normalized spacial score (nSPS) is 12.1. The lowest BCUT2D eigenvalue weighted by Gasteiger charge is -2.08. The van der Waals surface area contributed by atoms with Gasteiger partial charge in [0.1, 0.15) is 5.82 Å². The lowest BCUT2D eigenvalue weighted by atomic mass is 10.2. The molecule has 0 fully saturated rings. The van der Waals surface area contributed by atoms with Crippen LogP contribution in [-0.2, 0) is 17.1 Å². The van der Waals surface area contributed by atoms with Crippen LogP contribution in [0, 0.1) is 6.92 Å². The fraction of sp³-hybridized carbons (Fsp3) is 0.125. The average molecular weight is 341 g/mol. The average Bonchev–Trinajstić information content (AvgIpc) is 3.11. The third kappa shape index (κ3) is 2.31. The molecule has 0 aliphatic carbocycles. The van der Waals surface area contributed by atoms with Crippen LogP contribution in [0.25, 0.3) is 21.9 Å². The summed E-state index contributed by atoms with van der Waals surface area (Å²) in [7, 11) is -1.79. The summed E-state index contributed by atoms with van der Waals surface area (Å²) in [5, 5.41) is 7.67. The molecule has 0 bridgehead atoms. The van der Waals surface area contributed by atoms with Crippen LogP contribution in [0.15, 0.2) is 47.5 Å². The highest BCUT2D eigenvalue weighted by molar-refractivity contribution is 7.92. The Kier molecular flexibility index (Phi) is 3.10. The number of imidazole rings is 1. The van der Waals surface area contributed by atoms with Crippen molar-refractivity contribution in [2.75, 3.05) is 4.72 Å². The smallest absolute Gasteiger partial charge is 0.261 e. The maximum Gasteiger partial charge on any atom is 0.261 e. The van der Waals surface area contributed by atoms with Crippen molar-refractivity contribution >= 4 is 37.6 Å². The van der Waals surface area contributed by atoms with E-state index in [1.54, 1.807) is 36.5 Å². The SMILES string of the molecule is Cc1nc2cc(S(=O)(=O)Nc3ccc4cn[nH]c4c3)ccc2n1C. The number of benzene rings is 2. The van der Waals surface area contributed by atoms with E-state index in [2.05, 4.69) is 19.9 Å². The fourth-order valence-electron chi connectivity index (χ4n) is 2.68. The Bertz CT molecular complexity index is 1170.